The number of esters is 1. The summed E-state index contributed by atoms with van der Waals surface area (Å²) in [5.41, 5.74) is -3.39. The van der Waals surface area contributed by atoms with E-state index in [1.165, 1.54) is 25.2 Å². The van der Waals surface area contributed by atoms with E-state index in [0.717, 1.165) is 18.1 Å². The summed E-state index contributed by atoms with van der Waals surface area (Å²) in [5, 5.41) is 37.1. The molecule has 2 aromatic carbocycles. The molecule has 1 saturated heterocycles. The van der Waals surface area contributed by atoms with Gasteiger partial charge < -0.3 is 49.0 Å². The lowest BCUT2D eigenvalue weighted by Crippen LogP contribution is -2.61. The first kappa shape index (κ1) is 63.2. The molecule has 1 fully saturated rings. The zero-order valence-corrected chi connectivity index (χ0v) is 49.7. The normalized spacial score (nSPS) is 31.4. The number of ether oxygens (including phenoxy) is 5. The number of aromatic nitrogens is 2. The summed E-state index contributed by atoms with van der Waals surface area (Å²) in [6.07, 6.45) is -5.17. The number of benzene rings is 2. The van der Waals surface area contributed by atoms with Gasteiger partial charge in [0.2, 0.25) is 5.91 Å². The van der Waals surface area contributed by atoms with Crippen molar-refractivity contribution in [2.45, 2.75) is 168 Å². The summed E-state index contributed by atoms with van der Waals surface area (Å²) in [6, 6.07) is 21.8. The number of hydrogen-bond donors (Lipinski definition) is 4. The molecule has 20 nitrogen and oxygen atoms in total. The van der Waals surface area contributed by atoms with Gasteiger partial charge in [0.1, 0.15) is 40.5 Å². The van der Waals surface area contributed by atoms with Crippen LogP contribution in [-0.4, -0.2) is 135 Å². The number of anilines is 1. The molecule has 0 radical (unpaired) electrons. The molecule has 2 aromatic heterocycles. The van der Waals surface area contributed by atoms with Crippen LogP contribution in [0.5, 0.6) is 0 Å². The monoisotopic (exact) mass is 1160 g/mol. The van der Waals surface area contributed by atoms with Crippen LogP contribution in [0.2, 0.25) is 0 Å². The van der Waals surface area contributed by atoms with Crippen molar-refractivity contribution >= 4 is 48.3 Å². The molecule has 1 amide bonds. The van der Waals surface area contributed by atoms with Crippen LogP contribution < -0.4 is 10.4 Å². The van der Waals surface area contributed by atoms with Crippen molar-refractivity contribution in [3.63, 3.8) is 0 Å². The van der Waals surface area contributed by atoms with E-state index in [1.807, 2.05) is 93.5 Å². The van der Waals surface area contributed by atoms with E-state index in [4.69, 9.17) is 37.6 Å². The first-order valence-electron chi connectivity index (χ1n) is 27.3. The van der Waals surface area contributed by atoms with Gasteiger partial charge in [0.05, 0.1) is 49.9 Å². The Morgan fingerprint density at radius 1 is 0.963 bits per heavy atom. The predicted molar refractivity (Wildman–Crippen MR) is 302 cm³/mol. The lowest BCUT2D eigenvalue weighted by Gasteiger charge is -2.47. The van der Waals surface area contributed by atoms with E-state index in [-0.39, 0.29) is 69.7 Å². The average Bonchev–Trinajstić information content (AvgIpc) is 4.04. The third-order valence-corrected chi connectivity index (χ3v) is 17.3. The Balaban J connectivity index is 1.19. The Labute approximate surface area is 477 Å². The molecule has 4 aromatic rings. The van der Waals surface area contributed by atoms with Crippen LogP contribution in [0.15, 0.2) is 101 Å². The number of hydrogen-bond acceptors (Lipinski definition) is 19. The summed E-state index contributed by atoms with van der Waals surface area (Å²) in [7, 11) is -0.315. The molecule has 2 bridgehead atoms. The molecular formula is C58H78FN6O14PS. The van der Waals surface area contributed by atoms with Crippen LogP contribution in [0.4, 0.5) is 10.2 Å². The van der Waals surface area contributed by atoms with E-state index in [0.29, 0.717) is 34.0 Å². The third-order valence-electron chi connectivity index (χ3n) is 15.0. The maximum absolute atomic E-state index is 17.1. The minimum absolute atomic E-state index is 0.0224. The molecule has 12 atom stereocenters. The number of Topliss-reactive ketones (excluding diaryl/α,β-unsaturated/α-hetero) is 1. The van der Waals surface area contributed by atoms with Crippen molar-refractivity contribution < 1.29 is 71.1 Å². The second kappa shape index (κ2) is 27.4. The number of carbonyl (C=O) groups excluding carboxylic acids is 3. The zero-order valence-electron chi connectivity index (χ0n) is 48.0. The maximum atomic E-state index is 17.1. The maximum Gasteiger partial charge on any atom is 0.434 e. The number of cyclic esters (lactones) is 1. The Kier molecular flexibility index (Phi) is 21.4. The molecule has 5 heterocycles. The Morgan fingerprint density at radius 2 is 1.62 bits per heavy atom. The number of aliphatic hydroxyl groups excluding tert-OH is 1. The molecule has 0 saturated carbocycles. The highest BCUT2D eigenvalue weighted by Gasteiger charge is 2.56. The highest BCUT2D eigenvalue weighted by atomic mass is 32.1. The van der Waals surface area contributed by atoms with Crippen LogP contribution in [0.1, 0.15) is 105 Å². The first-order chi connectivity index (χ1) is 38.4. The number of nitrogens with zero attached hydrogens (tertiary/aromatic N) is 4. The van der Waals surface area contributed by atoms with E-state index in [1.54, 1.807) is 51.4 Å². The molecule has 0 unspecified atom stereocenters. The minimum atomic E-state index is -3.94. The number of thiazole rings is 1. The summed E-state index contributed by atoms with van der Waals surface area (Å²) >= 11 is 1.29. The van der Waals surface area contributed by atoms with Crippen molar-refractivity contribution in [1.29, 1.82) is 0 Å². The van der Waals surface area contributed by atoms with Crippen molar-refractivity contribution in [1.82, 2.24) is 20.2 Å². The van der Waals surface area contributed by atoms with Gasteiger partial charge in [-0.1, -0.05) is 93.5 Å². The zero-order chi connectivity index (χ0) is 58.9. The standard InChI is InChI=1S/C58H78FN6O14PS/c1-12-45-58(9,70)52-37(5)48(62-47(66)13-2)35(3)27-56(7,51(38(6)50(68)57(8,59)55(69)78-45)79-54-49(67)44(65(10)11)26-36(4)77-54)73-32-43(31-72-52)63-74-33-42-25-24-41(28-60-42)53-61-46(34-81-53)64-80(71,75-29-39-20-16-14-17-21-39)76-30-40-22-18-15-19-23-40/h14-25,28,34-36,38,44-45,49,51-52,54,67,70H,12-13,26-27,29-33H2,1-11H3,(H,62,66)(H,64,71)/b48-37+,63-43?/t35-,36-,38+,44+,45-,49-,51-,52-,54+,56-,57+,58-/m1/s1. The fourth-order valence-corrected chi connectivity index (χ4v) is 12.6. The number of likely N-dealkylation sites (N-methyl/N-ethyl adjacent to an activating group) is 1. The smallest absolute Gasteiger partial charge is 0.434 e. The molecule has 23 heteroatoms. The van der Waals surface area contributed by atoms with Gasteiger partial charge in [0.15, 0.2) is 18.7 Å². The molecule has 4 N–H and O–H groups in total. The van der Waals surface area contributed by atoms with Gasteiger partial charge >= 0.3 is 13.7 Å². The summed E-state index contributed by atoms with van der Waals surface area (Å²) in [6.45, 7) is 13.2. The number of rotatable bonds is 18. The molecule has 0 spiro atoms. The van der Waals surface area contributed by atoms with Gasteiger partial charge in [-0.2, -0.15) is 0 Å². The van der Waals surface area contributed by atoms with E-state index in [2.05, 4.69) is 25.5 Å². The number of carbonyl (C=O) groups is 3. The van der Waals surface area contributed by atoms with Gasteiger partial charge in [-0.25, -0.2) is 18.7 Å². The Bertz CT molecular complexity index is 2830. The highest BCUT2D eigenvalue weighted by Crippen LogP contribution is 2.50. The van der Waals surface area contributed by atoms with E-state index in [9.17, 15) is 29.2 Å². The Hall–Kier alpha value is -5.36. The fraction of sp³-hybridized carbons (Fsp3) is 0.552. The number of allylic oxidation sites excluding steroid dienone is 1. The summed E-state index contributed by atoms with van der Waals surface area (Å²) < 4.78 is 75.3. The van der Waals surface area contributed by atoms with Crippen molar-refractivity contribution in [3.8, 4) is 10.6 Å². The van der Waals surface area contributed by atoms with Crippen molar-refractivity contribution in [2.24, 2.45) is 17.0 Å². The second-order valence-corrected chi connectivity index (χ2v) is 24.4. The van der Waals surface area contributed by atoms with Crippen molar-refractivity contribution in [3.05, 3.63) is 112 Å². The lowest BCUT2D eigenvalue weighted by molar-refractivity contribution is -0.296. The van der Waals surface area contributed by atoms with Gasteiger partial charge in [-0.05, 0) is 103 Å². The molecule has 7 rings (SSSR count). The number of amides is 1. The Morgan fingerprint density at radius 3 is 2.21 bits per heavy atom. The topological polar surface area (TPSA) is 248 Å². The minimum Gasteiger partial charge on any atom is -0.457 e. The average molecular weight is 1170 g/mol. The number of pyridine rings is 1. The second-order valence-electron chi connectivity index (χ2n) is 21.8. The van der Waals surface area contributed by atoms with Gasteiger partial charge in [-0.15, -0.1) is 11.3 Å². The highest BCUT2D eigenvalue weighted by molar-refractivity contribution is 7.55. The lowest BCUT2D eigenvalue weighted by atomic mass is 9.76. The van der Waals surface area contributed by atoms with Crippen LogP contribution in [-0.2, 0) is 76.3 Å². The summed E-state index contributed by atoms with van der Waals surface area (Å²) in [5.74, 6) is -4.94. The van der Waals surface area contributed by atoms with Crippen LogP contribution >= 0.6 is 19.1 Å². The summed E-state index contributed by atoms with van der Waals surface area (Å²) in [4.78, 5) is 59.1. The number of ketones is 1. The molecule has 0 aliphatic carbocycles. The number of halogens is 1. The van der Waals surface area contributed by atoms with E-state index < -0.39 is 91.1 Å². The van der Waals surface area contributed by atoms with Gasteiger partial charge in [0.25, 0.3) is 5.67 Å². The predicted octanol–water partition coefficient (Wildman–Crippen LogP) is 8.86. The quantitative estimate of drug-likeness (QED) is 0.0314. The van der Waals surface area contributed by atoms with E-state index >= 15 is 4.39 Å². The largest absolute Gasteiger partial charge is 0.457 e. The third kappa shape index (κ3) is 15.6. The van der Waals surface area contributed by atoms with Crippen molar-refractivity contribution in [2.75, 3.05) is 32.4 Å². The SMILES string of the molecule is CCC(=O)N/C1=C(\C)[C@H]2OCC(=NOCc3ccc(-c4nc(NP(=O)(OCc5ccccc5)OCc5ccccc5)cs4)cn3)CO[C@](C)(C[C@H]1C)[C@H](O[C@@H]1O[C@H](C)C[C@H](N(C)C)[C@H]1O)[C@@H](C)C(=O)[C@](C)(F)C(=O)O[C@H](CC)[C@@]2(C)O. The molecule has 442 valence electrons. The number of nitrogens with one attached hydrogen (secondary N) is 2. The number of fused-ring (bicyclic) bond motifs is 4. The van der Waals surface area contributed by atoms with Crippen LogP contribution in [0.25, 0.3) is 10.6 Å². The van der Waals surface area contributed by atoms with Gasteiger partial charge in [-0.3, -0.25) is 28.7 Å². The number of alkyl halides is 1. The number of oxime groups is 1. The fourth-order valence-electron chi connectivity index (χ4n) is 10.5. The molecular weight excluding hydrogens is 1090 g/mol. The molecule has 3 aliphatic heterocycles. The first-order valence-corrected chi connectivity index (χ1v) is 29.7. The van der Waals surface area contributed by atoms with Crippen LogP contribution in [0, 0.1) is 11.8 Å². The van der Waals surface area contributed by atoms with Crippen LogP contribution in [0.3, 0.4) is 0 Å². The van der Waals surface area contributed by atoms with Gasteiger partial charge in [0, 0.05) is 41.2 Å². The number of aliphatic hydroxyl groups is 2. The molecule has 81 heavy (non-hydrogen) atoms. The molecule has 3 aliphatic rings.